The first-order chi connectivity index (χ1) is 10.4. The van der Waals surface area contributed by atoms with Crippen molar-refractivity contribution in [1.82, 2.24) is 4.72 Å². The molecule has 1 aromatic carbocycles. The Balaban J connectivity index is 2.07. The molecule has 0 unspecified atom stereocenters. The minimum Gasteiger partial charge on any atom is -0.444 e. The molecule has 0 aliphatic heterocycles. The van der Waals surface area contributed by atoms with E-state index in [0.29, 0.717) is 23.3 Å². The zero-order valence-electron chi connectivity index (χ0n) is 11.8. The lowest BCUT2D eigenvalue weighted by Crippen LogP contribution is -2.24. The van der Waals surface area contributed by atoms with Gasteiger partial charge in [0.1, 0.15) is 0 Å². The Morgan fingerprint density at radius 3 is 2.41 bits per heavy atom. The van der Waals surface area contributed by atoms with Crippen LogP contribution in [0.4, 0.5) is 5.69 Å². The van der Waals surface area contributed by atoms with Crippen molar-refractivity contribution >= 4 is 37.5 Å². The van der Waals surface area contributed by atoms with Crippen molar-refractivity contribution in [3.05, 3.63) is 46.8 Å². The van der Waals surface area contributed by atoms with Gasteiger partial charge in [-0.05, 0) is 58.7 Å². The molecule has 0 saturated heterocycles. The van der Waals surface area contributed by atoms with Gasteiger partial charge in [0, 0.05) is 12.2 Å². The van der Waals surface area contributed by atoms with Crippen molar-refractivity contribution < 1.29 is 17.6 Å². The Bertz CT molecular complexity index is 753. The van der Waals surface area contributed by atoms with E-state index >= 15 is 0 Å². The number of furan rings is 1. The number of anilines is 1. The molecule has 118 valence electrons. The summed E-state index contributed by atoms with van der Waals surface area (Å²) in [5, 5.41) is 2.62. The number of hydrogen-bond donors (Lipinski definition) is 2. The van der Waals surface area contributed by atoms with Crippen LogP contribution >= 0.6 is 15.9 Å². The number of carbonyl (C=O) groups excluding carboxylic acids is 1. The zero-order chi connectivity index (χ0) is 16.2. The van der Waals surface area contributed by atoms with Crippen LogP contribution in [0.1, 0.15) is 23.9 Å². The lowest BCUT2D eigenvalue weighted by atomic mass is 10.3. The first-order valence-corrected chi connectivity index (χ1v) is 8.86. The zero-order valence-corrected chi connectivity index (χ0v) is 14.2. The van der Waals surface area contributed by atoms with E-state index < -0.39 is 15.9 Å². The SMILES string of the molecule is CCCNS(=O)(=O)c1ccc(NC(=O)c2ccc(Br)o2)cc1. The van der Waals surface area contributed by atoms with Gasteiger partial charge >= 0.3 is 0 Å². The number of hydrogen-bond acceptors (Lipinski definition) is 4. The highest BCUT2D eigenvalue weighted by Crippen LogP contribution is 2.17. The predicted molar refractivity (Wildman–Crippen MR) is 86.3 cm³/mol. The van der Waals surface area contributed by atoms with E-state index in [1.165, 1.54) is 30.3 Å². The summed E-state index contributed by atoms with van der Waals surface area (Å²) in [5.74, 6) is -0.251. The maximum Gasteiger partial charge on any atom is 0.291 e. The maximum atomic E-state index is 11.9. The van der Waals surface area contributed by atoms with Gasteiger partial charge in [-0.3, -0.25) is 4.79 Å². The molecule has 0 atom stereocenters. The molecule has 0 radical (unpaired) electrons. The van der Waals surface area contributed by atoms with Gasteiger partial charge < -0.3 is 9.73 Å². The molecule has 8 heteroatoms. The highest BCUT2D eigenvalue weighted by Gasteiger charge is 2.14. The second kappa shape index (κ2) is 7.08. The van der Waals surface area contributed by atoms with E-state index in [0.717, 1.165) is 0 Å². The van der Waals surface area contributed by atoms with Gasteiger partial charge in [-0.25, -0.2) is 13.1 Å². The first kappa shape index (κ1) is 16.7. The van der Waals surface area contributed by atoms with Crippen molar-refractivity contribution in [1.29, 1.82) is 0 Å². The molecule has 0 aliphatic rings. The molecule has 0 bridgehead atoms. The lowest BCUT2D eigenvalue weighted by molar-refractivity contribution is 0.0995. The third-order valence-electron chi connectivity index (χ3n) is 2.76. The number of amides is 1. The van der Waals surface area contributed by atoms with Crippen LogP contribution in [0.3, 0.4) is 0 Å². The van der Waals surface area contributed by atoms with E-state index in [2.05, 4.69) is 26.0 Å². The minimum absolute atomic E-state index is 0.152. The van der Waals surface area contributed by atoms with Crippen molar-refractivity contribution in [2.75, 3.05) is 11.9 Å². The Kier molecular flexibility index (Phi) is 5.38. The van der Waals surface area contributed by atoms with Crippen molar-refractivity contribution in [3.8, 4) is 0 Å². The standard InChI is InChI=1S/C14H15BrN2O4S/c1-2-9-16-22(19,20)11-5-3-10(4-6-11)17-14(18)12-7-8-13(15)21-12/h3-8,16H,2,9H2,1H3,(H,17,18). The molecule has 2 rings (SSSR count). The third-order valence-corrected chi connectivity index (χ3v) is 4.66. The molecule has 0 aliphatic carbocycles. The van der Waals surface area contributed by atoms with Gasteiger partial charge in [0.15, 0.2) is 10.4 Å². The summed E-state index contributed by atoms with van der Waals surface area (Å²) in [6.07, 6.45) is 0.714. The van der Waals surface area contributed by atoms with Gasteiger partial charge in [0.05, 0.1) is 4.90 Å². The smallest absolute Gasteiger partial charge is 0.291 e. The summed E-state index contributed by atoms with van der Waals surface area (Å²) < 4.78 is 31.9. The van der Waals surface area contributed by atoms with Crippen LogP contribution in [0, 0.1) is 0 Å². The molecule has 22 heavy (non-hydrogen) atoms. The fraction of sp³-hybridized carbons (Fsp3) is 0.214. The van der Waals surface area contributed by atoms with Crippen LogP contribution in [0.2, 0.25) is 0 Å². The Morgan fingerprint density at radius 1 is 1.18 bits per heavy atom. The van der Waals surface area contributed by atoms with Crippen LogP contribution in [0.5, 0.6) is 0 Å². The summed E-state index contributed by atoms with van der Waals surface area (Å²) in [7, 11) is -3.50. The summed E-state index contributed by atoms with van der Waals surface area (Å²) in [6, 6.07) is 9.07. The van der Waals surface area contributed by atoms with Crippen molar-refractivity contribution in [2.45, 2.75) is 18.2 Å². The molecule has 6 nitrogen and oxygen atoms in total. The van der Waals surface area contributed by atoms with E-state index in [4.69, 9.17) is 4.42 Å². The largest absolute Gasteiger partial charge is 0.444 e. The molecule has 0 spiro atoms. The molecular formula is C14H15BrN2O4S. The summed E-state index contributed by atoms with van der Waals surface area (Å²) >= 11 is 3.12. The highest BCUT2D eigenvalue weighted by atomic mass is 79.9. The van der Waals surface area contributed by atoms with Crippen LogP contribution in [-0.2, 0) is 10.0 Å². The topological polar surface area (TPSA) is 88.4 Å². The normalized spacial score (nSPS) is 11.4. The van der Waals surface area contributed by atoms with Crippen LogP contribution in [0.25, 0.3) is 0 Å². The molecule has 0 saturated carbocycles. The van der Waals surface area contributed by atoms with E-state index in [9.17, 15) is 13.2 Å². The van der Waals surface area contributed by atoms with Gasteiger partial charge in [0.25, 0.3) is 5.91 Å². The Hall–Kier alpha value is -1.64. The van der Waals surface area contributed by atoms with Gasteiger partial charge in [0.2, 0.25) is 10.0 Å². The molecule has 2 aromatic rings. The molecule has 1 heterocycles. The van der Waals surface area contributed by atoms with Crippen molar-refractivity contribution in [3.63, 3.8) is 0 Å². The average molecular weight is 387 g/mol. The third kappa shape index (κ3) is 4.19. The van der Waals surface area contributed by atoms with Crippen molar-refractivity contribution in [2.24, 2.45) is 0 Å². The monoisotopic (exact) mass is 386 g/mol. The highest BCUT2D eigenvalue weighted by molar-refractivity contribution is 9.10. The fourth-order valence-electron chi connectivity index (χ4n) is 1.67. The first-order valence-electron chi connectivity index (χ1n) is 6.59. The van der Waals surface area contributed by atoms with E-state index in [-0.39, 0.29) is 10.7 Å². The van der Waals surface area contributed by atoms with Gasteiger partial charge in [-0.1, -0.05) is 6.92 Å². The summed E-state index contributed by atoms with van der Waals surface area (Å²) in [4.78, 5) is 12.0. The summed E-state index contributed by atoms with van der Waals surface area (Å²) in [5.41, 5.74) is 0.479. The number of nitrogens with one attached hydrogen (secondary N) is 2. The van der Waals surface area contributed by atoms with Crippen LogP contribution < -0.4 is 10.0 Å². The second-order valence-electron chi connectivity index (χ2n) is 4.48. The van der Waals surface area contributed by atoms with Gasteiger partial charge in [-0.15, -0.1) is 0 Å². The number of halogens is 1. The quantitative estimate of drug-likeness (QED) is 0.798. The molecule has 2 N–H and O–H groups in total. The van der Waals surface area contributed by atoms with E-state index in [1.807, 2.05) is 6.92 Å². The number of sulfonamides is 1. The molecule has 1 aromatic heterocycles. The van der Waals surface area contributed by atoms with Gasteiger partial charge in [-0.2, -0.15) is 0 Å². The predicted octanol–water partition coefficient (Wildman–Crippen LogP) is 2.98. The van der Waals surface area contributed by atoms with E-state index in [1.54, 1.807) is 6.07 Å². The fourth-order valence-corrected chi connectivity index (χ4v) is 3.11. The average Bonchev–Trinajstić information content (AvgIpc) is 2.92. The number of benzene rings is 1. The molecular weight excluding hydrogens is 372 g/mol. The molecule has 0 fully saturated rings. The molecule has 1 amide bonds. The van der Waals surface area contributed by atoms with Crippen LogP contribution in [0.15, 0.2) is 50.4 Å². The maximum absolute atomic E-state index is 11.9. The second-order valence-corrected chi connectivity index (χ2v) is 7.03. The number of rotatable bonds is 6. The number of carbonyl (C=O) groups is 1. The minimum atomic E-state index is -3.50. The lowest BCUT2D eigenvalue weighted by Gasteiger charge is -2.07. The Morgan fingerprint density at radius 2 is 1.86 bits per heavy atom. The Labute approximate surface area is 137 Å². The van der Waals surface area contributed by atoms with Crippen LogP contribution in [-0.4, -0.2) is 20.9 Å². The summed E-state index contributed by atoms with van der Waals surface area (Å²) in [6.45, 7) is 2.27.